The number of hydrogen-bond acceptors (Lipinski definition) is 4. The number of halogens is 2. The minimum atomic E-state index is -3.65. The number of benzene rings is 1. The molecule has 17 heavy (non-hydrogen) atoms. The van der Waals surface area contributed by atoms with Crippen molar-refractivity contribution < 1.29 is 23.0 Å². The van der Waals surface area contributed by atoms with Gasteiger partial charge in [-0.25, -0.2) is 4.98 Å². The zero-order valence-corrected chi connectivity index (χ0v) is 8.58. The first-order chi connectivity index (χ1) is 7.94. The van der Waals surface area contributed by atoms with Gasteiger partial charge in [0.2, 0.25) is 0 Å². The topological polar surface area (TPSA) is 64.2 Å². The molecule has 0 spiro atoms. The van der Waals surface area contributed by atoms with E-state index in [1.165, 1.54) is 19.1 Å². The molecule has 2 heterocycles. The van der Waals surface area contributed by atoms with Gasteiger partial charge in [0.25, 0.3) is 0 Å². The van der Waals surface area contributed by atoms with Crippen molar-refractivity contribution in [1.29, 1.82) is 0 Å². The first-order valence-corrected chi connectivity index (χ1v) is 4.75. The summed E-state index contributed by atoms with van der Waals surface area (Å²) >= 11 is 0. The lowest BCUT2D eigenvalue weighted by Crippen LogP contribution is -2.25. The second-order valence-electron chi connectivity index (χ2n) is 3.63. The van der Waals surface area contributed by atoms with E-state index in [2.05, 4.69) is 19.4 Å². The average molecular weight is 240 g/mol. The van der Waals surface area contributed by atoms with E-state index in [9.17, 15) is 13.6 Å². The SMILES string of the molecule is CC(=O)c1nc2cc3c(cc2[nH]1)OC(F)(F)O3. The summed E-state index contributed by atoms with van der Waals surface area (Å²) in [6, 6.07) is 2.62. The predicted molar refractivity (Wildman–Crippen MR) is 52.3 cm³/mol. The largest absolute Gasteiger partial charge is 0.586 e. The third-order valence-corrected chi connectivity index (χ3v) is 2.34. The van der Waals surface area contributed by atoms with Gasteiger partial charge in [-0.1, -0.05) is 0 Å². The van der Waals surface area contributed by atoms with Crippen molar-refractivity contribution >= 4 is 16.8 Å². The summed E-state index contributed by atoms with van der Waals surface area (Å²) in [5.74, 6) is -0.255. The third-order valence-electron chi connectivity index (χ3n) is 2.34. The van der Waals surface area contributed by atoms with E-state index >= 15 is 0 Å². The van der Waals surface area contributed by atoms with Gasteiger partial charge < -0.3 is 14.5 Å². The number of aromatic nitrogens is 2. The molecule has 0 saturated heterocycles. The lowest BCUT2D eigenvalue weighted by Gasteiger charge is -2.04. The van der Waals surface area contributed by atoms with Crippen LogP contribution in [0.4, 0.5) is 8.78 Å². The predicted octanol–water partition coefficient (Wildman–Crippen LogP) is 2.09. The van der Waals surface area contributed by atoms with Gasteiger partial charge in [-0.05, 0) is 0 Å². The van der Waals surface area contributed by atoms with Crippen LogP contribution in [0, 0.1) is 0 Å². The smallest absolute Gasteiger partial charge is 0.395 e. The van der Waals surface area contributed by atoms with Crippen LogP contribution >= 0.6 is 0 Å². The Kier molecular flexibility index (Phi) is 1.73. The van der Waals surface area contributed by atoms with E-state index in [0.717, 1.165) is 0 Å². The number of fused-ring (bicyclic) bond motifs is 2. The first-order valence-electron chi connectivity index (χ1n) is 4.75. The van der Waals surface area contributed by atoms with E-state index in [4.69, 9.17) is 0 Å². The lowest BCUT2D eigenvalue weighted by atomic mass is 10.3. The summed E-state index contributed by atoms with van der Waals surface area (Å²) in [4.78, 5) is 17.8. The van der Waals surface area contributed by atoms with Crippen LogP contribution in [0.2, 0.25) is 0 Å². The number of ether oxygens (including phenoxy) is 2. The van der Waals surface area contributed by atoms with Crippen molar-refractivity contribution in [2.75, 3.05) is 0 Å². The fourth-order valence-corrected chi connectivity index (χ4v) is 1.62. The molecule has 88 valence electrons. The van der Waals surface area contributed by atoms with Crippen LogP contribution in [0.5, 0.6) is 11.5 Å². The number of rotatable bonds is 1. The van der Waals surface area contributed by atoms with E-state index in [1.807, 2.05) is 0 Å². The van der Waals surface area contributed by atoms with Gasteiger partial charge in [0.15, 0.2) is 23.1 Å². The molecule has 1 aromatic carbocycles. The summed E-state index contributed by atoms with van der Waals surface area (Å²) in [5.41, 5.74) is 0.811. The molecule has 1 aliphatic rings. The Hall–Kier alpha value is -2.18. The van der Waals surface area contributed by atoms with Gasteiger partial charge in [-0.15, -0.1) is 8.78 Å². The molecule has 0 aliphatic carbocycles. The van der Waals surface area contributed by atoms with Gasteiger partial charge in [-0.2, -0.15) is 0 Å². The average Bonchev–Trinajstić information content (AvgIpc) is 2.71. The van der Waals surface area contributed by atoms with Crippen molar-refractivity contribution in [3.05, 3.63) is 18.0 Å². The number of Topliss-reactive ketones (excluding diaryl/α,β-unsaturated/α-hetero) is 1. The van der Waals surface area contributed by atoms with Gasteiger partial charge in [-0.3, -0.25) is 4.79 Å². The first kappa shape index (κ1) is 10.0. The van der Waals surface area contributed by atoms with Crippen molar-refractivity contribution in [3.8, 4) is 11.5 Å². The van der Waals surface area contributed by atoms with Crippen LogP contribution in [-0.4, -0.2) is 22.0 Å². The highest BCUT2D eigenvalue weighted by molar-refractivity contribution is 5.94. The molecule has 1 aliphatic heterocycles. The van der Waals surface area contributed by atoms with Crippen LogP contribution in [0.3, 0.4) is 0 Å². The second kappa shape index (κ2) is 2.93. The number of nitrogens with one attached hydrogen (secondary N) is 1. The zero-order chi connectivity index (χ0) is 12.2. The van der Waals surface area contributed by atoms with Crippen LogP contribution in [0.25, 0.3) is 11.0 Å². The van der Waals surface area contributed by atoms with E-state index in [-0.39, 0.29) is 23.1 Å². The van der Waals surface area contributed by atoms with Crippen molar-refractivity contribution in [2.24, 2.45) is 0 Å². The third kappa shape index (κ3) is 1.50. The number of alkyl halides is 2. The Morgan fingerprint density at radius 2 is 2.00 bits per heavy atom. The number of H-pyrrole nitrogens is 1. The molecule has 7 heteroatoms. The Bertz CT molecular complexity index is 591. The molecule has 0 radical (unpaired) electrons. The van der Waals surface area contributed by atoms with Crippen LogP contribution in [-0.2, 0) is 0 Å². The summed E-state index contributed by atoms with van der Waals surface area (Å²) in [6.07, 6.45) is -3.65. The molecule has 5 nitrogen and oxygen atoms in total. The molecular weight excluding hydrogens is 234 g/mol. The molecular formula is C10H6F2N2O3. The van der Waals surface area contributed by atoms with Crippen LogP contribution in [0.1, 0.15) is 17.5 Å². The number of hydrogen-bond donors (Lipinski definition) is 1. The van der Waals surface area contributed by atoms with Crippen molar-refractivity contribution in [2.45, 2.75) is 13.2 Å². The van der Waals surface area contributed by atoms with Gasteiger partial charge in [0, 0.05) is 19.1 Å². The number of carbonyl (C=O) groups is 1. The number of ketones is 1. The van der Waals surface area contributed by atoms with Gasteiger partial charge in [0.05, 0.1) is 11.0 Å². The minimum Gasteiger partial charge on any atom is -0.395 e. The molecule has 0 saturated carbocycles. The number of aromatic amines is 1. The fraction of sp³-hybridized carbons (Fsp3) is 0.200. The maximum absolute atomic E-state index is 12.8. The van der Waals surface area contributed by atoms with Crippen molar-refractivity contribution in [3.63, 3.8) is 0 Å². The highest BCUT2D eigenvalue weighted by Crippen LogP contribution is 2.42. The molecule has 1 N–H and O–H groups in total. The van der Waals surface area contributed by atoms with E-state index in [0.29, 0.717) is 11.0 Å². The molecule has 2 aromatic rings. The molecule has 0 bridgehead atoms. The molecule has 1 aromatic heterocycles. The quantitative estimate of drug-likeness (QED) is 0.775. The van der Waals surface area contributed by atoms with Crippen LogP contribution in [0.15, 0.2) is 12.1 Å². The van der Waals surface area contributed by atoms with Crippen LogP contribution < -0.4 is 9.47 Å². The second-order valence-corrected chi connectivity index (χ2v) is 3.63. The van der Waals surface area contributed by atoms with E-state index < -0.39 is 6.29 Å². The summed E-state index contributed by atoms with van der Waals surface area (Å²) < 4.78 is 34.1. The Balaban J connectivity index is 2.15. The lowest BCUT2D eigenvalue weighted by molar-refractivity contribution is -0.286. The molecule has 0 atom stereocenters. The highest BCUT2D eigenvalue weighted by Gasteiger charge is 2.43. The summed E-state index contributed by atoms with van der Waals surface area (Å²) in [6.45, 7) is 1.35. The molecule has 0 amide bonds. The normalized spacial score (nSPS) is 16.4. The number of nitrogens with zero attached hydrogens (tertiary/aromatic N) is 1. The summed E-state index contributed by atoms with van der Waals surface area (Å²) in [7, 11) is 0. The Morgan fingerprint density at radius 3 is 2.65 bits per heavy atom. The molecule has 0 fully saturated rings. The number of imidazole rings is 1. The Morgan fingerprint density at radius 1 is 1.35 bits per heavy atom. The highest BCUT2D eigenvalue weighted by atomic mass is 19.3. The zero-order valence-electron chi connectivity index (χ0n) is 8.58. The van der Waals surface area contributed by atoms with Crippen molar-refractivity contribution in [1.82, 2.24) is 9.97 Å². The fourth-order valence-electron chi connectivity index (χ4n) is 1.62. The standard InChI is InChI=1S/C10H6F2N2O3/c1-4(15)9-13-5-2-7-8(3-6(5)14-9)17-10(11,12)16-7/h2-3H,1H3,(H,13,14). The Labute approximate surface area is 93.4 Å². The van der Waals surface area contributed by atoms with Gasteiger partial charge in [0.1, 0.15) is 0 Å². The monoisotopic (exact) mass is 240 g/mol. The maximum atomic E-state index is 12.8. The minimum absolute atomic E-state index is 0.0822. The van der Waals surface area contributed by atoms with Gasteiger partial charge >= 0.3 is 6.29 Å². The molecule has 3 rings (SSSR count). The maximum Gasteiger partial charge on any atom is 0.586 e. The van der Waals surface area contributed by atoms with E-state index in [1.54, 1.807) is 0 Å². The summed E-state index contributed by atoms with van der Waals surface area (Å²) in [5, 5.41) is 0. The number of carbonyl (C=O) groups excluding carboxylic acids is 1. The molecule has 0 unspecified atom stereocenters.